The predicted molar refractivity (Wildman–Crippen MR) is 91.2 cm³/mol. The Kier molecular flexibility index (Phi) is 6.45. The Bertz CT molecular complexity index is 493. The van der Waals surface area contributed by atoms with E-state index in [0.717, 1.165) is 25.7 Å². The van der Waals surface area contributed by atoms with Crippen molar-refractivity contribution in [3.8, 4) is 0 Å². The van der Waals surface area contributed by atoms with Crippen LogP contribution in [0.4, 0.5) is 0 Å². The van der Waals surface area contributed by atoms with Gasteiger partial charge in [-0.3, -0.25) is 4.79 Å². The molecule has 23 heavy (non-hydrogen) atoms. The number of hydrogen-bond donors (Lipinski definition) is 0. The van der Waals surface area contributed by atoms with Gasteiger partial charge < -0.3 is 4.90 Å². The van der Waals surface area contributed by atoms with E-state index >= 15 is 0 Å². The lowest BCUT2D eigenvalue weighted by Gasteiger charge is -2.38. The normalized spacial score (nSPS) is 22.0. The molecule has 1 saturated carbocycles. The van der Waals surface area contributed by atoms with E-state index in [1.54, 1.807) is 20.6 Å². The van der Waals surface area contributed by atoms with Gasteiger partial charge in [0.25, 0.3) is 10.2 Å². The Hall–Kier alpha value is -0.660. The average molecular weight is 346 g/mol. The van der Waals surface area contributed by atoms with E-state index in [1.165, 1.54) is 6.42 Å². The van der Waals surface area contributed by atoms with Gasteiger partial charge in [0.05, 0.1) is 0 Å². The molecule has 0 aromatic heterocycles. The highest BCUT2D eigenvalue weighted by Crippen LogP contribution is 2.25. The lowest BCUT2D eigenvalue weighted by molar-refractivity contribution is -0.133. The Balaban J connectivity index is 1.91. The van der Waals surface area contributed by atoms with Crippen molar-refractivity contribution < 1.29 is 13.2 Å². The first-order valence-electron chi connectivity index (χ1n) is 8.83. The van der Waals surface area contributed by atoms with Crippen molar-refractivity contribution in [1.82, 2.24) is 13.5 Å². The van der Waals surface area contributed by atoms with Crippen LogP contribution in [-0.4, -0.2) is 67.1 Å². The molecule has 1 aliphatic heterocycles. The summed E-state index contributed by atoms with van der Waals surface area (Å²) in [5.41, 5.74) is 0. The molecule has 1 saturated heterocycles. The topological polar surface area (TPSA) is 60.9 Å². The second-order valence-electron chi connectivity index (χ2n) is 7.19. The van der Waals surface area contributed by atoms with Gasteiger partial charge in [0, 0.05) is 45.7 Å². The minimum Gasteiger partial charge on any atom is -0.340 e. The van der Waals surface area contributed by atoms with Crippen molar-refractivity contribution in [2.24, 2.45) is 5.92 Å². The van der Waals surface area contributed by atoms with Crippen LogP contribution in [0.25, 0.3) is 0 Å². The zero-order chi connectivity index (χ0) is 17.0. The smallest absolute Gasteiger partial charge is 0.282 e. The molecule has 7 heteroatoms. The molecule has 2 fully saturated rings. The van der Waals surface area contributed by atoms with Crippen LogP contribution < -0.4 is 0 Å². The maximum absolute atomic E-state index is 12.8. The van der Waals surface area contributed by atoms with Crippen molar-refractivity contribution >= 4 is 16.1 Å². The van der Waals surface area contributed by atoms with E-state index in [9.17, 15) is 13.2 Å². The molecule has 6 nitrogen and oxygen atoms in total. The number of rotatable bonds is 5. The summed E-state index contributed by atoms with van der Waals surface area (Å²) in [6.07, 6.45) is 5.89. The van der Waals surface area contributed by atoms with Gasteiger partial charge in [-0.15, -0.1) is 0 Å². The molecule has 0 atom stereocenters. The number of nitrogens with zero attached hydrogens (tertiary/aromatic N) is 3. The van der Waals surface area contributed by atoms with Crippen molar-refractivity contribution in [3.05, 3.63) is 0 Å². The molecule has 1 heterocycles. The molecular formula is C16H31N3O3S. The standard InChI is InChI=1S/C16H31N3O3S/c1-14(2)13-16(20)18-9-11-19(12-10-18)23(21,22)17(3)15-7-5-4-6-8-15/h14-15H,4-13H2,1-3H3. The quantitative estimate of drug-likeness (QED) is 0.762. The van der Waals surface area contributed by atoms with Crippen LogP contribution in [0, 0.1) is 5.92 Å². The molecular weight excluding hydrogens is 314 g/mol. The molecule has 134 valence electrons. The molecule has 1 amide bonds. The van der Waals surface area contributed by atoms with Crippen molar-refractivity contribution in [2.45, 2.75) is 58.4 Å². The number of hydrogen-bond acceptors (Lipinski definition) is 3. The molecule has 0 aromatic rings. The van der Waals surface area contributed by atoms with Gasteiger partial charge in [-0.2, -0.15) is 17.0 Å². The fraction of sp³-hybridized carbons (Fsp3) is 0.938. The summed E-state index contributed by atoms with van der Waals surface area (Å²) in [5, 5.41) is 0. The summed E-state index contributed by atoms with van der Waals surface area (Å²) in [5.74, 6) is 0.472. The Morgan fingerprint density at radius 3 is 2.17 bits per heavy atom. The fourth-order valence-electron chi connectivity index (χ4n) is 3.46. The zero-order valence-electron chi connectivity index (χ0n) is 14.7. The van der Waals surface area contributed by atoms with Gasteiger partial charge in [-0.25, -0.2) is 0 Å². The van der Waals surface area contributed by atoms with Crippen LogP contribution in [0.2, 0.25) is 0 Å². The number of amides is 1. The van der Waals surface area contributed by atoms with E-state index in [-0.39, 0.29) is 11.9 Å². The largest absolute Gasteiger partial charge is 0.340 e. The Morgan fingerprint density at radius 2 is 1.65 bits per heavy atom. The lowest BCUT2D eigenvalue weighted by atomic mass is 9.96. The van der Waals surface area contributed by atoms with Gasteiger partial charge in [0.15, 0.2) is 0 Å². The summed E-state index contributed by atoms with van der Waals surface area (Å²) in [6, 6.07) is 0.134. The highest BCUT2D eigenvalue weighted by Gasteiger charge is 2.35. The molecule has 0 unspecified atom stereocenters. The van der Waals surface area contributed by atoms with Crippen LogP contribution in [-0.2, 0) is 15.0 Å². The third-order valence-corrected chi connectivity index (χ3v) is 7.00. The van der Waals surface area contributed by atoms with Crippen LogP contribution in [0.3, 0.4) is 0 Å². The highest BCUT2D eigenvalue weighted by atomic mass is 32.2. The van der Waals surface area contributed by atoms with E-state index < -0.39 is 10.2 Å². The van der Waals surface area contributed by atoms with E-state index in [0.29, 0.717) is 38.5 Å². The van der Waals surface area contributed by atoms with E-state index in [2.05, 4.69) is 0 Å². The third-order valence-electron chi connectivity index (χ3n) is 4.95. The number of carbonyl (C=O) groups excluding carboxylic acids is 1. The first-order chi connectivity index (χ1) is 10.8. The monoisotopic (exact) mass is 345 g/mol. The number of piperazine rings is 1. The lowest BCUT2D eigenvalue weighted by Crippen LogP contribution is -2.55. The predicted octanol–water partition coefficient (Wildman–Crippen LogP) is 1.69. The van der Waals surface area contributed by atoms with Crippen LogP contribution in [0.1, 0.15) is 52.4 Å². The molecule has 0 N–H and O–H groups in total. The zero-order valence-corrected chi connectivity index (χ0v) is 15.5. The molecule has 0 spiro atoms. The summed E-state index contributed by atoms with van der Waals surface area (Å²) in [6.45, 7) is 5.87. The van der Waals surface area contributed by atoms with Crippen molar-refractivity contribution in [3.63, 3.8) is 0 Å². The van der Waals surface area contributed by atoms with Gasteiger partial charge in [-0.1, -0.05) is 33.1 Å². The van der Waals surface area contributed by atoms with Crippen LogP contribution >= 0.6 is 0 Å². The SMILES string of the molecule is CC(C)CC(=O)N1CCN(S(=O)(=O)N(C)C2CCCCC2)CC1. The van der Waals surface area contributed by atoms with Crippen LogP contribution in [0.15, 0.2) is 0 Å². The summed E-state index contributed by atoms with van der Waals surface area (Å²) in [4.78, 5) is 13.9. The maximum atomic E-state index is 12.8. The third kappa shape index (κ3) is 4.67. The first-order valence-corrected chi connectivity index (χ1v) is 10.2. The van der Waals surface area contributed by atoms with Gasteiger partial charge in [-0.05, 0) is 18.8 Å². The maximum Gasteiger partial charge on any atom is 0.282 e. The molecule has 1 aliphatic carbocycles. The summed E-state index contributed by atoms with van der Waals surface area (Å²) < 4.78 is 28.7. The second kappa shape index (κ2) is 7.94. The summed E-state index contributed by atoms with van der Waals surface area (Å²) in [7, 11) is -1.70. The van der Waals surface area contributed by atoms with Gasteiger partial charge >= 0.3 is 0 Å². The Labute approximate surface area is 141 Å². The highest BCUT2D eigenvalue weighted by molar-refractivity contribution is 7.86. The number of carbonyl (C=O) groups is 1. The van der Waals surface area contributed by atoms with Crippen molar-refractivity contribution in [2.75, 3.05) is 33.2 Å². The van der Waals surface area contributed by atoms with E-state index in [4.69, 9.17) is 0 Å². The molecule has 0 bridgehead atoms. The fourth-order valence-corrected chi connectivity index (χ4v) is 5.04. The minimum atomic E-state index is -3.41. The molecule has 2 rings (SSSR count). The summed E-state index contributed by atoms with van der Waals surface area (Å²) >= 11 is 0. The van der Waals surface area contributed by atoms with E-state index in [1.807, 2.05) is 13.8 Å². The second-order valence-corrected chi connectivity index (χ2v) is 9.18. The van der Waals surface area contributed by atoms with Crippen LogP contribution in [0.5, 0.6) is 0 Å². The molecule has 0 aromatic carbocycles. The van der Waals surface area contributed by atoms with Gasteiger partial charge in [0.1, 0.15) is 0 Å². The van der Waals surface area contributed by atoms with Gasteiger partial charge in [0.2, 0.25) is 5.91 Å². The molecule has 0 radical (unpaired) electrons. The van der Waals surface area contributed by atoms with Crippen molar-refractivity contribution in [1.29, 1.82) is 0 Å². The average Bonchev–Trinajstić information content (AvgIpc) is 2.54. The molecule has 2 aliphatic rings. The minimum absolute atomic E-state index is 0.134. The Morgan fingerprint density at radius 1 is 1.09 bits per heavy atom. The first kappa shape index (κ1) is 18.7.